The maximum absolute atomic E-state index is 12.4. The van der Waals surface area contributed by atoms with Crippen molar-refractivity contribution in [3.8, 4) is 11.5 Å². The number of carbonyl (C=O) groups is 1. The van der Waals surface area contributed by atoms with Crippen LogP contribution >= 0.6 is 0 Å². The highest BCUT2D eigenvalue weighted by molar-refractivity contribution is 7.84. The predicted molar refractivity (Wildman–Crippen MR) is 98.1 cm³/mol. The van der Waals surface area contributed by atoms with E-state index in [4.69, 9.17) is 4.74 Å². The number of amides is 2. The van der Waals surface area contributed by atoms with Crippen molar-refractivity contribution in [3.05, 3.63) is 54.6 Å². The number of urea groups is 1. The molecule has 2 atom stereocenters. The van der Waals surface area contributed by atoms with E-state index in [0.717, 1.165) is 0 Å². The lowest BCUT2D eigenvalue weighted by Crippen LogP contribution is -2.40. The van der Waals surface area contributed by atoms with E-state index in [2.05, 4.69) is 5.32 Å². The molecule has 5 nitrogen and oxygen atoms in total. The summed E-state index contributed by atoms with van der Waals surface area (Å²) in [7, 11) is 0.731. The van der Waals surface area contributed by atoms with Crippen LogP contribution in [0.2, 0.25) is 0 Å². The second-order valence-corrected chi connectivity index (χ2v) is 7.02. The molecule has 0 bridgehead atoms. The van der Waals surface area contributed by atoms with Crippen molar-refractivity contribution in [1.82, 2.24) is 4.90 Å². The number of carbonyl (C=O) groups excluding carboxylic acids is 1. The standard InChI is InChI=1S/C18H22N2O3S/c1-14(13-24(3)22)20(2)18(21)19-16-11-7-8-12-17(16)23-15-9-5-4-6-10-15/h4-12,14H,13H2,1-3H3,(H,19,21). The van der Waals surface area contributed by atoms with Gasteiger partial charge in [0.25, 0.3) is 0 Å². The predicted octanol–water partition coefficient (Wildman–Crippen LogP) is 3.71. The highest BCUT2D eigenvalue weighted by atomic mass is 32.2. The van der Waals surface area contributed by atoms with E-state index < -0.39 is 10.8 Å². The number of nitrogens with one attached hydrogen (secondary N) is 1. The Balaban J connectivity index is 2.09. The van der Waals surface area contributed by atoms with E-state index in [1.165, 1.54) is 0 Å². The number of hydrogen-bond donors (Lipinski definition) is 1. The molecule has 0 fully saturated rings. The first-order valence-electron chi connectivity index (χ1n) is 7.63. The second kappa shape index (κ2) is 8.49. The molecule has 2 rings (SSSR count). The fourth-order valence-electron chi connectivity index (χ4n) is 2.13. The van der Waals surface area contributed by atoms with Gasteiger partial charge in [-0.1, -0.05) is 30.3 Å². The highest BCUT2D eigenvalue weighted by Gasteiger charge is 2.18. The summed E-state index contributed by atoms with van der Waals surface area (Å²) in [5, 5.41) is 2.85. The largest absolute Gasteiger partial charge is 0.455 e. The van der Waals surface area contributed by atoms with Crippen molar-refractivity contribution in [2.75, 3.05) is 24.4 Å². The van der Waals surface area contributed by atoms with Crippen molar-refractivity contribution < 1.29 is 13.7 Å². The molecule has 2 aromatic rings. The minimum atomic E-state index is -0.957. The van der Waals surface area contributed by atoms with Crippen LogP contribution in [0.4, 0.5) is 10.5 Å². The summed E-state index contributed by atoms with van der Waals surface area (Å²) in [6, 6.07) is 16.3. The van der Waals surface area contributed by atoms with Gasteiger partial charge in [-0.25, -0.2) is 4.79 Å². The average Bonchev–Trinajstić information content (AvgIpc) is 2.56. The topological polar surface area (TPSA) is 58.6 Å². The molecule has 0 aliphatic rings. The number of para-hydroxylation sites is 3. The van der Waals surface area contributed by atoms with Gasteiger partial charge in [0.15, 0.2) is 5.75 Å². The van der Waals surface area contributed by atoms with Crippen LogP contribution in [0.25, 0.3) is 0 Å². The zero-order valence-corrected chi connectivity index (χ0v) is 14.9. The van der Waals surface area contributed by atoms with Gasteiger partial charge in [0.2, 0.25) is 0 Å². The van der Waals surface area contributed by atoms with E-state index >= 15 is 0 Å². The van der Waals surface area contributed by atoms with Crippen LogP contribution in [0.15, 0.2) is 54.6 Å². The fourth-order valence-corrected chi connectivity index (χ4v) is 3.03. The average molecular weight is 346 g/mol. The summed E-state index contributed by atoms with van der Waals surface area (Å²) in [5.74, 6) is 1.70. The molecule has 6 heteroatoms. The number of rotatable bonds is 6. The maximum atomic E-state index is 12.4. The third kappa shape index (κ3) is 5.09. The van der Waals surface area contributed by atoms with Crippen molar-refractivity contribution in [3.63, 3.8) is 0 Å². The Morgan fingerprint density at radius 3 is 2.46 bits per heavy atom. The Morgan fingerprint density at radius 2 is 1.79 bits per heavy atom. The number of nitrogens with zero attached hydrogens (tertiary/aromatic N) is 1. The second-order valence-electron chi connectivity index (χ2n) is 5.54. The van der Waals surface area contributed by atoms with Crippen LogP contribution in [-0.2, 0) is 10.8 Å². The molecular weight excluding hydrogens is 324 g/mol. The van der Waals surface area contributed by atoms with Gasteiger partial charge in [0, 0.05) is 35.9 Å². The Morgan fingerprint density at radius 1 is 1.17 bits per heavy atom. The molecular formula is C18H22N2O3S. The molecule has 0 saturated carbocycles. The molecule has 2 aromatic carbocycles. The molecule has 0 aliphatic heterocycles. The normalized spacial score (nSPS) is 13.0. The van der Waals surface area contributed by atoms with Crippen molar-refractivity contribution in [2.24, 2.45) is 0 Å². The van der Waals surface area contributed by atoms with Crippen LogP contribution in [0.5, 0.6) is 11.5 Å². The van der Waals surface area contributed by atoms with Crippen LogP contribution in [0.3, 0.4) is 0 Å². The summed E-state index contributed by atoms with van der Waals surface area (Å²) >= 11 is 0. The quantitative estimate of drug-likeness (QED) is 0.867. The van der Waals surface area contributed by atoms with Crippen molar-refractivity contribution in [2.45, 2.75) is 13.0 Å². The molecule has 1 N–H and O–H groups in total. The summed E-state index contributed by atoms with van der Waals surface area (Å²) in [6.45, 7) is 1.87. The molecule has 128 valence electrons. The maximum Gasteiger partial charge on any atom is 0.321 e. The van der Waals surface area contributed by atoms with Gasteiger partial charge in [0.05, 0.1) is 5.69 Å². The van der Waals surface area contributed by atoms with E-state index in [1.54, 1.807) is 30.3 Å². The lowest BCUT2D eigenvalue weighted by atomic mass is 10.3. The van der Waals surface area contributed by atoms with E-state index in [9.17, 15) is 9.00 Å². The minimum absolute atomic E-state index is 0.127. The molecule has 2 amide bonds. The first kappa shape index (κ1) is 18.0. The van der Waals surface area contributed by atoms with Crippen LogP contribution in [-0.4, -0.2) is 40.2 Å². The van der Waals surface area contributed by atoms with E-state index in [0.29, 0.717) is 22.9 Å². The van der Waals surface area contributed by atoms with Crippen LogP contribution in [0, 0.1) is 0 Å². The first-order valence-corrected chi connectivity index (χ1v) is 9.36. The van der Waals surface area contributed by atoms with Crippen molar-refractivity contribution in [1.29, 1.82) is 0 Å². The molecule has 0 radical (unpaired) electrons. The lowest BCUT2D eigenvalue weighted by molar-refractivity contribution is 0.212. The Kier molecular flexibility index (Phi) is 6.37. The molecule has 0 spiro atoms. The zero-order valence-electron chi connectivity index (χ0n) is 14.1. The number of benzene rings is 2. The van der Waals surface area contributed by atoms with Gasteiger partial charge < -0.3 is 15.0 Å². The number of anilines is 1. The SMILES string of the molecule is CC(CS(C)=O)N(C)C(=O)Nc1ccccc1Oc1ccccc1. The van der Waals surface area contributed by atoms with Crippen LogP contribution in [0.1, 0.15) is 6.92 Å². The third-order valence-electron chi connectivity index (χ3n) is 3.56. The van der Waals surface area contributed by atoms with Gasteiger partial charge in [-0.3, -0.25) is 4.21 Å². The summed E-state index contributed by atoms with van der Waals surface area (Å²) in [4.78, 5) is 13.9. The van der Waals surface area contributed by atoms with E-state index in [1.807, 2.05) is 49.4 Å². The monoisotopic (exact) mass is 346 g/mol. The first-order chi connectivity index (χ1) is 11.5. The Labute approximate surface area is 145 Å². The zero-order chi connectivity index (χ0) is 17.5. The van der Waals surface area contributed by atoms with Gasteiger partial charge >= 0.3 is 6.03 Å². The Hall–Kier alpha value is -2.34. The minimum Gasteiger partial charge on any atom is -0.455 e. The third-order valence-corrected chi connectivity index (χ3v) is 4.51. The fraction of sp³-hybridized carbons (Fsp3) is 0.278. The van der Waals surface area contributed by atoms with Gasteiger partial charge in [-0.05, 0) is 31.2 Å². The number of ether oxygens (including phenoxy) is 1. The van der Waals surface area contributed by atoms with Crippen molar-refractivity contribution >= 4 is 22.5 Å². The molecule has 24 heavy (non-hydrogen) atoms. The molecule has 0 saturated heterocycles. The van der Waals surface area contributed by atoms with E-state index in [-0.39, 0.29) is 12.1 Å². The van der Waals surface area contributed by atoms with Gasteiger partial charge in [-0.2, -0.15) is 0 Å². The Bertz CT molecular complexity index is 706. The molecule has 0 aromatic heterocycles. The summed E-state index contributed by atoms with van der Waals surface area (Å²) in [5.41, 5.74) is 0.586. The highest BCUT2D eigenvalue weighted by Crippen LogP contribution is 2.29. The summed E-state index contributed by atoms with van der Waals surface area (Å²) in [6.07, 6.45) is 1.63. The molecule has 0 aliphatic carbocycles. The van der Waals surface area contributed by atoms with Gasteiger partial charge in [-0.15, -0.1) is 0 Å². The van der Waals surface area contributed by atoms with Gasteiger partial charge in [0.1, 0.15) is 5.75 Å². The number of hydrogen-bond acceptors (Lipinski definition) is 3. The smallest absolute Gasteiger partial charge is 0.321 e. The van der Waals surface area contributed by atoms with Crippen LogP contribution < -0.4 is 10.1 Å². The summed E-state index contributed by atoms with van der Waals surface area (Å²) < 4.78 is 17.2. The lowest BCUT2D eigenvalue weighted by Gasteiger charge is -2.25. The molecule has 0 heterocycles. The molecule has 2 unspecified atom stereocenters.